The lowest BCUT2D eigenvalue weighted by Crippen LogP contribution is -2.43. The molecule has 0 unspecified atom stereocenters. The van der Waals surface area contributed by atoms with E-state index in [1.165, 1.54) is 0 Å². The molecule has 1 saturated carbocycles. The number of H-pyrrole nitrogens is 1. The van der Waals surface area contributed by atoms with Crippen LogP contribution in [-0.4, -0.2) is 50.5 Å². The normalized spacial score (nSPS) is 22.3. The van der Waals surface area contributed by atoms with E-state index >= 15 is 0 Å². The average Bonchev–Trinajstić information content (AvgIpc) is 2.73. The van der Waals surface area contributed by atoms with Crippen molar-refractivity contribution in [1.29, 1.82) is 0 Å². The summed E-state index contributed by atoms with van der Waals surface area (Å²) in [4.78, 5) is 42.8. The lowest BCUT2D eigenvalue weighted by Gasteiger charge is -2.33. The summed E-state index contributed by atoms with van der Waals surface area (Å²) in [6, 6.07) is 0. The third-order valence-electron chi connectivity index (χ3n) is 5.54. The van der Waals surface area contributed by atoms with E-state index in [0.717, 1.165) is 31.4 Å². The predicted octanol–water partition coefficient (Wildman–Crippen LogP) is 1.32. The number of hydrogen-bond acceptors (Lipinski definition) is 6. The number of fused-ring (bicyclic) bond motifs is 1. The summed E-state index contributed by atoms with van der Waals surface area (Å²) in [5.74, 6) is 0.598. The Morgan fingerprint density at radius 1 is 1.26 bits per heavy atom. The molecule has 0 bridgehead atoms. The molecule has 0 radical (unpaired) electrons. The Balaban J connectivity index is 1.50. The first-order valence-electron chi connectivity index (χ1n) is 9.35. The van der Waals surface area contributed by atoms with Crippen LogP contribution >= 0.6 is 0 Å². The standard InChI is InChI=1S/C19H23N5O3/c1-27-13-4-2-12(3-5-13)19(26)24-9-6-15-14(11-24)18(25)23-17(22-15)16-10-20-7-8-21-16/h7-8,10,12-13H,2-6,9,11H2,1H3,(H,22,23,25). The zero-order valence-corrected chi connectivity index (χ0v) is 15.4. The molecule has 1 aliphatic heterocycles. The van der Waals surface area contributed by atoms with Crippen LogP contribution in [0.5, 0.6) is 0 Å². The van der Waals surface area contributed by atoms with Crippen molar-refractivity contribution in [3.63, 3.8) is 0 Å². The van der Waals surface area contributed by atoms with E-state index in [1.807, 2.05) is 0 Å². The molecule has 1 N–H and O–H groups in total. The van der Waals surface area contributed by atoms with Gasteiger partial charge in [-0.25, -0.2) is 9.97 Å². The Kier molecular flexibility index (Phi) is 4.98. The second kappa shape index (κ2) is 7.56. The van der Waals surface area contributed by atoms with Gasteiger partial charge < -0.3 is 14.6 Å². The predicted molar refractivity (Wildman–Crippen MR) is 97.8 cm³/mol. The molecule has 0 atom stereocenters. The lowest BCUT2D eigenvalue weighted by molar-refractivity contribution is -0.138. The minimum atomic E-state index is -0.207. The van der Waals surface area contributed by atoms with Crippen molar-refractivity contribution in [2.75, 3.05) is 13.7 Å². The van der Waals surface area contributed by atoms with Gasteiger partial charge in [-0.2, -0.15) is 0 Å². The third kappa shape index (κ3) is 3.62. The Morgan fingerprint density at radius 2 is 2.07 bits per heavy atom. The van der Waals surface area contributed by atoms with Gasteiger partial charge in [0.1, 0.15) is 5.69 Å². The van der Waals surface area contributed by atoms with Crippen LogP contribution < -0.4 is 5.56 Å². The smallest absolute Gasteiger partial charge is 0.256 e. The fraction of sp³-hybridized carbons (Fsp3) is 0.526. The van der Waals surface area contributed by atoms with Gasteiger partial charge in [0.2, 0.25) is 5.91 Å². The summed E-state index contributed by atoms with van der Waals surface area (Å²) in [6.07, 6.45) is 9.08. The molecule has 2 aliphatic rings. The Bertz CT molecular complexity index is 875. The number of carbonyl (C=O) groups excluding carboxylic acids is 1. The van der Waals surface area contributed by atoms with Crippen LogP contribution in [0.3, 0.4) is 0 Å². The van der Waals surface area contributed by atoms with Crippen molar-refractivity contribution >= 4 is 5.91 Å². The fourth-order valence-corrected chi connectivity index (χ4v) is 3.96. The topological polar surface area (TPSA) is 101 Å². The van der Waals surface area contributed by atoms with Gasteiger partial charge in [-0.3, -0.25) is 14.6 Å². The zero-order valence-electron chi connectivity index (χ0n) is 15.4. The molecule has 2 aromatic rings. The largest absolute Gasteiger partial charge is 0.381 e. The van der Waals surface area contributed by atoms with Crippen LogP contribution in [0.4, 0.5) is 0 Å². The summed E-state index contributed by atoms with van der Waals surface area (Å²) < 4.78 is 5.39. The molecule has 142 valence electrons. The maximum absolute atomic E-state index is 12.9. The molecule has 0 aromatic carbocycles. The number of methoxy groups -OCH3 is 1. The highest BCUT2D eigenvalue weighted by atomic mass is 16.5. The summed E-state index contributed by atoms with van der Waals surface area (Å²) >= 11 is 0. The number of aromatic nitrogens is 4. The van der Waals surface area contributed by atoms with Crippen LogP contribution in [0.1, 0.15) is 36.9 Å². The number of aromatic amines is 1. The van der Waals surface area contributed by atoms with Gasteiger partial charge in [-0.1, -0.05) is 0 Å². The van der Waals surface area contributed by atoms with E-state index in [9.17, 15) is 9.59 Å². The van der Waals surface area contributed by atoms with Crippen molar-refractivity contribution in [2.45, 2.75) is 44.8 Å². The number of hydrogen-bond donors (Lipinski definition) is 1. The minimum Gasteiger partial charge on any atom is -0.381 e. The van der Waals surface area contributed by atoms with Crippen LogP contribution in [-0.2, 0) is 22.5 Å². The number of carbonyl (C=O) groups is 1. The quantitative estimate of drug-likeness (QED) is 0.876. The van der Waals surface area contributed by atoms with Crippen molar-refractivity contribution in [2.24, 2.45) is 5.92 Å². The molecule has 8 nitrogen and oxygen atoms in total. The van der Waals surface area contributed by atoms with Gasteiger partial charge in [0, 0.05) is 38.4 Å². The SMILES string of the molecule is COC1CCC(C(=O)N2CCc3nc(-c4cnccn4)[nH]c(=O)c3C2)CC1. The lowest BCUT2D eigenvalue weighted by atomic mass is 9.86. The third-order valence-corrected chi connectivity index (χ3v) is 5.54. The number of amides is 1. The molecule has 1 fully saturated rings. The first-order valence-corrected chi connectivity index (χ1v) is 9.35. The van der Waals surface area contributed by atoms with Crippen LogP contribution in [0.25, 0.3) is 11.5 Å². The van der Waals surface area contributed by atoms with E-state index < -0.39 is 0 Å². The molecule has 0 saturated heterocycles. The maximum Gasteiger partial charge on any atom is 0.256 e. The Labute approximate surface area is 157 Å². The average molecular weight is 369 g/mol. The number of nitrogens with one attached hydrogen (secondary N) is 1. The second-order valence-electron chi connectivity index (χ2n) is 7.15. The molecular weight excluding hydrogens is 346 g/mol. The molecule has 1 amide bonds. The highest BCUT2D eigenvalue weighted by Crippen LogP contribution is 2.29. The number of nitrogens with zero attached hydrogens (tertiary/aromatic N) is 4. The first kappa shape index (κ1) is 17.8. The van der Waals surface area contributed by atoms with E-state index in [1.54, 1.807) is 30.6 Å². The highest BCUT2D eigenvalue weighted by molar-refractivity contribution is 5.79. The highest BCUT2D eigenvalue weighted by Gasteiger charge is 2.32. The van der Waals surface area contributed by atoms with Gasteiger partial charge in [0.25, 0.3) is 5.56 Å². The molecule has 3 heterocycles. The van der Waals surface area contributed by atoms with E-state index in [0.29, 0.717) is 36.6 Å². The zero-order chi connectivity index (χ0) is 18.8. The van der Waals surface area contributed by atoms with Gasteiger partial charge >= 0.3 is 0 Å². The molecule has 2 aromatic heterocycles. The van der Waals surface area contributed by atoms with Crippen molar-refractivity contribution in [3.05, 3.63) is 40.2 Å². The van der Waals surface area contributed by atoms with Gasteiger partial charge in [-0.15, -0.1) is 0 Å². The summed E-state index contributed by atoms with van der Waals surface area (Å²) in [7, 11) is 1.73. The monoisotopic (exact) mass is 369 g/mol. The van der Waals surface area contributed by atoms with Crippen LogP contribution in [0.15, 0.2) is 23.4 Å². The Morgan fingerprint density at radius 3 is 2.78 bits per heavy atom. The van der Waals surface area contributed by atoms with E-state index in [2.05, 4.69) is 19.9 Å². The Hall–Kier alpha value is -2.61. The number of rotatable bonds is 3. The van der Waals surface area contributed by atoms with Gasteiger partial charge in [0.15, 0.2) is 5.82 Å². The molecule has 0 spiro atoms. The van der Waals surface area contributed by atoms with Gasteiger partial charge in [0.05, 0.1) is 30.1 Å². The maximum atomic E-state index is 12.9. The molecule has 8 heteroatoms. The second-order valence-corrected chi connectivity index (χ2v) is 7.15. The molecule has 27 heavy (non-hydrogen) atoms. The van der Waals surface area contributed by atoms with Crippen molar-refractivity contribution in [1.82, 2.24) is 24.8 Å². The van der Waals surface area contributed by atoms with Crippen molar-refractivity contribution in [3.8, 4) is 11.5 Å². The summed E-state index contributed by atoms with van der Waals surface area (Å²) in [5, 5.41) is 0. The van der Waals surface area contributed by atoms with E-state index in [-0.39, 0.29) is 23.5 Å². The van der Waals surface area contributed by atoms with E-state index in [4.69, 9.17) is 4.74 Å². The van der Waals surface area contributed by atoms with Crippen LogP contribution in [0.2, 0.25) is 0 Å². The summed E-state index contributed by atoms with van der Waals surface area (Å²) in [6.45, 7) is 0.911. The molecule has 1 aliphatic carbocycles. The van der Waals surface area contributed by atoms with Crippen molar-refractivity contribution < 1.29 is 9.53 Å². The van der Waals surface area contributed by atoms with Crippen LogP contribution in [0, 0.1) is 5.92 Å². The first-order chi connectivity index (χ1) is 13.2. The minimum absolute atomic E-state index is 0.0313. The molecule has 4 rings (SSSR count). The number of ether oxygens (including phenoxy) is 1. The fourth-order valence-electron chi connectivity index (χ4n) is 3.96. The van der Waals surface area contributed by atoms with Gasteiger partial charge in [-0.05, 0) is 25.7 Å². The summed E-state index contributed by atoms with van der Waals surface area (Å²) in [5.41, 5.74) is 1.64. The molecular formula is C19H23N5O3.